The summed E-state index contributed by atoms with van der Waals surface area (Å²) in [6.45, 7) is 2.34. The van der Waals surface area contributed by atoms with Crippen molar-refractivity contribution in [2.45, 2.75) is 43.9 Å². The van der Waals surface area contributed by atoms with Crippen molar-refractivity contribution in [3.63, 3.8) is 0 Å². The van der Waals surface area contributed by atoms with Gasteiger partial charge in [-0.2, -0.15) is 0 Å². The number of carbonyl (C=O) groups excluding carboxylic acids is 4. The summed E-state index contributed by atoms with van der Waals surface area (Å²) in [5, 5.41) is 8.21. The van der Waals surface area contributed by atoms with Crippen LogP contribution in [-0.4, -0.2) is 74.6 Å². The number of hydrogen-bond donors (Lipinski definition) is 5. The molecule has 1 aliphatic rings. The van der Waals surface area contributed by atoms with Crippen LogP contribution in [0.3, 0.4) is 0 Å². The second-order valence-corrected chi connectivity index (χ2v) is 13.8. The number of aromatic amines is 2. The molecule has 0 aliphatic carbocycles. The molecule has 3 aromatic carbocycles. The molecule has 15 nitrogen and oxygen atoms in total. The number of rotatable bonds is 12. The molecule has 1 aliphatic heterocycles. The maximum Gasteiger partial charge on any atom is 0.407 e. The highest BCUT2D eigenvalue weighted by Crippen LogP contribution is 2.34. The number of ether oxygens (including phenoxy) is 2. The number of aromatic nitrogens is 5. The van der Waals surface area contributed by atoms with E-state index in [-0.39, 0.29) is 11.9 Å². The van der Waals surface area contributed by atoms with E-state index in [0.717, 1.165) is 46.6 Å². The monoisotopic (exact) mass is 781 g/mol. The van der Waals surface area contributed by atoms with Crippen molar-refractivity contribution >= 4 is 24.0 Å². The van der Waals surface area contributed by atoms with Crippen LogP contribution in [0.15, 0.2) is 116 Å². The van der Waals surface area contributed by atoms with E-state index >= 15 is 0 Å². The minimum Gasteiger partial charge on any atom is -0.453 e. The number of hydrogen-bond acceptors (Lipinski definition) is 9. The lowest BCUT2D eigenvalue weighted by Crippen LogP contribution is -2.42. The normalized spacial score (nSPS) is 15.2. The number of pyridine rings is 1. The number of nitrogens with zero attached hydrogens (tertiary/aromatic N) is 4. The van der Waals surface area contributed by atoms with Gasteiger partial charge >= 0.3 is 12.2 Å². The Balaban J connectivity index is 0.990. The molecule has 296 valence electrons. The first-order valence-electron chi connectivity index (χ1n) is 18.8. The summed E-state index contributed by atoms with van der Waals surface area (Å²) in [7, 11) is 2.51. The molecule has 7 rings (SSSR count). The number of likely N-dealkylation sites (tertiary alicyclic amines) is 1. The van der Waals surface area contributed by atoms with Gasteiger partial charge in [0.2, 0.25) is 5.91 Å². The van der Waals surface area contributed by atoms with Crippen LogP contribution in [0, 0.1) is 0 Å². The molecule has 4 atom stereocenters. The molecule has 1 fully saturated rings. The summed E-state index contributed by atoms with van der Waals surface area (Å²) in [5.41, 5.74) is 6.25. The van der Waals surface area contributed by atoms with Crippen LogP contribution in [0.4, 0.5) is 9.59 Å². The van der Waals surface area contributed by atoms with Crippen molar-refractivity contribution in [3.05, 3.63) is 138 Å². The van der Waals surface area contributed by atoms with E-state index in [4.69, 9.17) is 14.5 Å². The fraction of sp³-hybridized carbons (Fsp3) is 0.233. The molecule has 1 unspecified atom stereocenters. The Morgan fingerprint density at radius 2 is 1.26 bits per heavy atom. The van der Waals surface area contributed by atoms with E-state index in [1.165, 1.54) is 14.2 Å². The zero-order valence-corrected chi connectivity index (χ0v) is 32.1. The average molecular weight is 782 g/mol. The number of alkyl carbamates (subject to hydrolysis) is 2. The summed E-state index contributed by atoms with van der Waals surface area (Å²) >= 11 is 0. The van der Waals surface area contributed by atoms with Crippen molar-refractivity contribution in [1.82, 2.24) is 45.8 Å². The molecule has 3 aromatic heterocycles. The quantitative estimate of drug-likeness (QED) is 0.0913. The predicted octanol–water partition coefficient (Wildman–Crippen LogP) is 6.56. The van der Waals surface area contributed by atoms with Crippen molar-refractivity contribution < 1.29 is 28.7 Å². The van der Waals surface area contributed by atoms with Crippen LogP contribution in [0.25, 0.3) is 33.8 Å². The number of methoxy groups -OCH3 is 2. The molecular weight excluding hydrogens is 739 g/mol. The highest BCUT2D eigenvalue weighted by molar-refractivity contribution is 5.88. The van der Waals surface area contributed by atoms with Gasteiger partial charge in [0.05, 0.1) is 55.8 Å². The Kier molecular flexibility index (Phi) is 11.9. The summed E-state index contributed by atoms with van der Waals surface area (Å²) in [6, 6.07) is 27.2. The molecule has 6 aromatic rings. The zero-order chi connectivity index (χ0) is 40.6. The van der Waals surface area contributed by atoms with Crippen LogP contribution in [0.5, 0.6) is 0 Å². The second kappa shape index (κ2) is 17.7. The number of carbonyl (C=O) groups is 4. The Hall–Kier alpha value is -7.29. The lowest BCUT2D eigenvalue weighted by molar-refractivity contribution is -0.134. The predicted molar refractivity (Wildman–Crippen MR) is 215 cm³/mol. The van der Waals surface area contributed by atoms with E-state index in [1.54, 1.807) is 59.9 Å². The Morgan fingerprint density at radius 3 is 1.90 bits per heavy atom. The molecule has 15 heteroatoms. The third-order valence-electron chi connectivity index (χ3n) is 10.0. The second-order valence-electron chi connectivity index (χ2n) is 13.8. The highest BCUT2D eigenvalue weighted by atomic mass is 16.5. The minimum absolute atomic E-state index is 0.232. The average Bonchev–Trinajstić information content (AvgIpc) is 4.07. The Labute approximate surface area is 334 Å². The largest absolute Gasteiger partial charge is 0.453 e. The van der Waals surface area contributed by atoms with Crippen LogP contribution < -0.4 is 16.0 Å². The topological polar surface area (TPSA) is 196 Å². The van der Waals surface area contributed by atoms with Gasteiger partial charge in [-0.1, -0.05) is 84.9 Å². The van der Waals surface area contributed by atoms with Crippen molar-refractivity contribution in [2.75, 3.05) is 20.8 Å². The third kappa shape index (κ3) is 8.73. The van der Waals surface area contributed by atoms with Crippen LogP contribution in [0.1, 0.15) is 66.7 Å². The molecule has 0 saturated carbocycles. The first kappa shape index (κ1) is 39.0. The number of nitrogens with one attached hydrogen (secondary N) is 5. The van der Waals surface area contributed by atoms with Gasteiger partial charge in [-0.25, -0.2) is 19.6 Å². The Morgan fingerprint density at radius 1 is 0.672 bits per heavy atom. The van der Waals surface area contributed by atoms with Crippen molar-refractivity contribution in [3.8, 4) is 33.8 Å². The summed E-state index contributed by atoms with van der Waals surface area (Å²) in [5.74, 6) is 0.574. The van der Waals surface area contributed by atoms with Gasteiger partial charge in [0.25, 0.3) is 5.91 Å². The first-order valence-corrected chi connectivity index (χ1v) is 18.8. The summed E-state index contributed by atoms with van der Waals surface area (Å²) in [4.78, 5) is 73.6. The fourth-order valence-corrected chi connectivity index (χ4v) is 6.98. The minimum atomic E-state index is -0.948. The molecule has 4 amide bonds. The maximum absolute atomic E-state index is 13.9. The number of H-pyrrole nitrogens is 2. The third-order valence-corrected chi connectivity index (χ3v) is 10.0. The zero-order valence-electron chi connectivity index (χ0n) is 32.1. The molecule has 4 heterocycles. The SMILES string of the molecule is COC(=O)NC(C(=O)N1CCC[C@H]1c1ncc(-c2ccc(-c3ccc(-c4cnc([C@H](C)NC(=O)[C@H](NC(=O)OC)c5ccccc5)[nH]4)cc3)nc2)[nH]1)c1ccccc1. The fourth-order valence-electron chi connectivity index (χ4n) is 6.98. The standard InChI is InChI=1S/C43H43N9O6/c1-26(47-40(53)36(50-42(55)57-2)29-11-6-4-7-12-29)38-45-24-33(48-38)28-18-16-27(17-19-28)32-21-20-31(23-44-32)34-25-46-39(49-34)35-15-10-22-52(35)41(54)37(51-43(56)58-3)30-13-8-5-9-14-30/h4-9,11-14,16-21,23-26,35-37H,10,15,22H2,1-3H3,(H,45,48)(H,46,49)(H,47,53)(H,50,55)(H,51,56)/t26-,35-,36+,37?/m0/s1. The Bertz CT molecular complexity index is 2350. The van der Waals surface area contributed by atoms with Gasteiger partial charge in [0.1, 0.15) is 23.7 Å². The van der Waals surface area contributed by atoms with Gasteiger partial charge in [-0.05, 0) is 48.6 Å². The van der Waals surface area contributed by atoms with E-state index in [2.05, 4.69) is 35.9 Å². The lowest BCUT2D eigenvalue weighted by Gasteiger charge is -2.28. The molecule has 0 spiro atoms. The summed E-state index contributed by atoms with van der Waals surface area (Å²) in [6.07, 6.45) is 5.37. The van der Waals surface area contributed by atoms with E-state index < -0.39 is 36.2 Å². The molecular formula is C43H43N9O6. The smallest absolute Gasteiger partial charge is 0.407 e. The number of imidazole rings is 2. The van der Waals surface area contributed by atoms with Crippen molar-refractivity contribution in [1.29, 1.82) is 0 Å². The lowest BCUT2D eigenvalue weighted by atomic mass is 10.1. The molecule has 0 radical (unpaired) electrons. The highest BCUT2D eigenvalue weighted by Gasteiger charge is 2.37. The van der Waals surface area contributed by atoms with Crippen LogP contribution in [0.2, 0.25) is 0 Å². The van der Waals surface area contributed by atoms with Gasteiger partial charge in [-0.3, -0.25) is 14.6 Å². The van der Waals surface area contributed by atoms with Crippen LogP contribution in [-0.2, 0) is 19.1 Å². The molecule has 0 bridgehead atoms. The van der Waals surface area contributed by atoms with Gasteiger partial charge in [-0.15, -0.1) is 0 Å². The van der Waals surface area contributed by atoms with E-state index in [9.17, 15) is 19.2 Å². The first-order chi connectivity index (χ1) is 28.2. The number of benzene rings is 3. The van der Waals surface area contributed by atoms with Gasteiger partial charge < -0.3 is 40.3 Å². The van der Waals surface area contributed by atoms with E-state index in [1.807, 2.05) is 67.6 Å². The van der Waals surface area contributed by atoms with E-state index in [0.29, 0.717) is 29.3 Å². The summed E-state index contributed by atoms with van der Waals surface area (Å²) < 4.78 is 9.54. The molecule has 5 N–H and O–H groups in total. The van der Waals surface area contributed by atoms with Crippen LogP contribution >= 0.6 is 0 Å². The van der Waals surface area contributed by atoms with Crippen molar-refractivity contribution in [2.24, 2.45) is 0 Å². The molecule has 1 saturated heterocycles. The molecule has 58 heavy (non-hydrogen) atoms. The van der Waals surface area contributed by atoms with Gasteiger partial charge in [0, 0.05) is 23.9 Å². The van der Waals surface area contributed by atoms with Gasteiger partial charge in [0.15, 0.2) is 0 Å². The number of amides is 4. The maximum atomic E-state index is 13.9.